The molecule has 39 heavy (non-hydrogen) atoms. The molecule has 0 aliphatic carbocycles. The monoisotopic (exact) mass is 521 g/mol. The van der Waals surface area contributed by atoms with E-state index in [0.717, 1.165) is 47.1 Å². The van der Waals surface area contributed by atoms with Crippen LogP contribution in [-0.4, -0.2) is 55.3 Å². The van der Waals surface area contributed by atoms with Crippen molar-refractivity contribution >= 4 is 11.7 Å². The van der Waals surface area contributed by atoms with E-state index in [0.29, 0.717) is 45.1 Å². The Bertz CT molecular complexity index is 1400. The fraction of sp³-hybridized carbons (Fsp3) is 0.250. The van der Waals surface area contributed by atoms with Gasteiger partial charge in [0.1, 0.15) is 19.0 Å². The first kappa shape index (κ1) is 24.9. The van der Waals surface area contributed by atoms with E-state index >= 15 is 0 Å². The predicted octanol–water partition coefficient (Wildman–Crippen LogP) is 5.20. The number of nitrogens with zero attached hydrogens (tertiary/aromatic N) is 3. The molecule has 3 heterocycles. The van der Waals surface area contributed by atoms with Crippen molar-refractivity contribution in [3.63, 3.8) is 0 Å². The van der Waals surface area contributed by atoms with Crippen LogP contribution in [0.5, 0.6) is 11.5 Å². The Kier molecular flexibility index (Phi) is 7.41. The molecule has 0 atom stereocenters. The van der Waals surface area contributed by atoms with Crippen LogP contribution in [-0.2, 0) is 17.8 Å². The Morgan fingerprint density at radius 3 is 2.18 bits per heavy atom. The van der Waals surface area contributed by atoms with Gasteiger partial charge in [0, 0.05) is 32.4 Å². The first-order valence-corrected chi connectivity index (χ1v) is 13.3. The number of carbonyl (C=O) groups excluding carboxylic acids is 1. The Labute approximate surface area is 228 Å². The van der Waals surface area contributed by atoms with Crippen molar-refractivity contribution in [1.29, 1.82) is 0 Å². The Morgan fingerprint density at radius 2 is 1.44 bits per heavy atom. The summed E-state index contributed by atoms with van der Waals surface area (Å²) in [4.78, 5) is 22.5. The summed E-state index contributed by atoms with van der Waals surface area (Å²) in [5, 5.41) is 0. The number of anilines is 1. The molecule has 6 rings (SSSR count). The fourth-order valence-corrected chi connectivity index (χ4v) is 4.93. The van der Waals surface area contributed by atoms with Crippen molar-refractivity contribution in [3.05, 3.63) is 108 Å². The minimum atomic E-state index is -0.0712. The number of hydrogen-bond donors (Lipinski definition) is 0. The molecule has 198 valence electrons. The molecule has 0 N–H and O–H groups in total. The van der Waals surface area contributed by atoms with Gasteiger partial charge in [0.2, 0.25) is 0 Å². The van der Waals surface area contributed by atoms with E-state index < -0.39 is 0 Å². The molecule has 1 aromatic heterocycles. The van der Waals surface area contributed by atoms with Gasteiger partial charge in [-0.3, -0.25) is 4.79 Å². The lowest BCUT2D eigenvalue weighted by molar-refractivity contribution is 0.0729. The van der Waals surface area contributed by atoms with Crippen LogP contribution < -0.4 is 14.4 Å². The molecule has 7 heteroatoms. The van der Waals surface area contributed by atoms with Crippen molar-refractivity contribution in [3.8, 4) is 22.6 Å². The van der Waals surface area contributed by atoms with Crippen molar-refractivity contribution in [2.75, 3.05) is 44.4 Å². The number of fused-ring (bicyclic) bond motifs is 1. The van der Waals surface area contributed by atoms with Crippen LogP contribution >= 0.6 is 0 Å². The third-order valence-corrected chi connectivity index (χ3v) is 7.03. The van der Waals surface area contributed by atoms with Gasteiger partial charge in [-0.15, -0.1) is 0 Å². The Morgan fingerprint density at radius 1 is 0.744 bits per heavy atom. The van der Waals surface area contributed by atoms with Crippen LogP contribution in [0.1, 0.15) is 21.5 Å². The van der Waals surface area contributed by atoms with Crippen molar-refractivity contribution in [1.82, 2.24) is 9.88 Å². The van der Waals surface area contributed by atoms with E-state index in [4.69, 9.17) is 14.2 Å². The molecule has 2 aliphatic heterocycles. The number of hydrogen-bond acceptors (Lipinski definition) is 6. The smallest absolute Gasteiger partial charge is 0.256 e. The summed E-state index contributed by atoms with van der Waals surface area (Å²) in [6.45, 7) is 4.95. The fourth-order valence-electron chi connectivity index (χ4n) is 4.93. The molecule has 3 aromatic carbocycles. The van der Waals surface area contributed by atoms with Crippen LogP contribution in [0.2, 0.25) is 0 Å². The summed E-state index contributed by atoms with van der Waals surface area (Å²) in [5.41, 5.74) is 4.90. The number of morpholine rings is 1. The maximum atomic E-state index is 13.8. The topological polar surface area (TPSA) is 64.1 Å². The van der Waals surface area contributed by atoms with E-state index in [1.165, 1.54) is 5.56 Å². The highest BCUT2D eigenvalue weighted by molar-refractivity contribution is 5.94. The second-order valence-corrected chi connectivity index (χ2v) is 9.71. The Balaban J connectivity index is 1.24. The van der Waals surface area contributed by atoms with Gasteiger partial charge in [0.25, 0.3) is 5.91 Å². The second kappa shape index (κ2) is 11.6. The highest BCUT2D eigenvalue weighted by Gasteiger charge is 2.20. The lowest BCUT2D eigenvalue weighted by Crippen LogP contribution is -2.36. The summed E-state index contributed by atoms with van der Waals surface area (Å²) >= 11 is 0. The summed E-state index contributed by atoms with van der Waals surface area (Å²) in [6.07, 6.45) is 1.68. The van der Waals surface area contributed by atoms with Gasteiger partial charge in [0.05, 0.1) is 18.8 Å². The molecule has 1 saturated heterocycles. The number of ether oxygens (including phenoxy) is 3. The zero-order chi connectivity index (χ0) is 26.4. The van der Waals surface area contributed by atoms with Crippen LogP contribution in [0.25, 0.3) is 11.1 Å². The highest BCUT2D eigenvalue weighted by atomic mass is 16.6. The van der Waals surface area contributed by atoms with Gasteiger partial charge in [-0.05, 0) is 46.5 Å². The first-order valence-electron chi connectivity index (χ1n) is 13.3. The highest BCUT2D eigenvalue weighted by Crippen LogP contribution is 2.31. The van der Waals surface area contributed by atoms with Crippen molar-refractivity contribution < 1.29 is 19.0 Å². The summed E-state index contributed by atoms with van der Waals surface area (Å²) in [5.74, 6) is 2.25. The Hall–Kier alpha value is -4.36. The predicted molar refractivity (Wildman–Crippen MR) is 150 cm³/mol. The molecule has 7 nitrogen and oxygen atoms in total. The number of benzene rings is 3. The minimum Gasteiger partial charge on any atom is -0.486 e. The average Bonchev–Trinajstić information content (AvgIpc) is 3.01. The van der Waals surface area contributed by atoms with Crippen LogP contribution in [0.3, 0.4) is 0 Å². The summed E-state index contributed by atoms with van der Waals surface area (Å²) in [7, 11) is 0. The van der Waals surface area contributed by atoms with Gasteiger partial charge >= 0.3 is 0 Å². The number of pyridine rings is 1. The first-order chi connectivity index (χ1) is 19.2. The molecule has 0 radical (unpaired) electrons. The maximum Gasteiger partial charge on any atom is 0.256 e. The average molecular weight is 522 g/mol. The number of amides is 1. The third kappa shape index (κ3) is 5.89. The van der Waals surface area contributed by atoms with E-state index in [1.807, 2.05) is 53.4 Å². The standard InChI is InChI=1S/C32H31N3O4/c36-32(28-11-13-31(33-21-28)34-14-16-37-17-15-34)35(23-25-8-12-29-30(20-25)39-19-18-38-29)22-24-6-9-27(10-7-24)26-4-2-1-3-5-26/h1-13,20-21H,14-19,22-23H2. The molecule has 0 bridgehead atoms. The lowest BCUT2D eigenvalue weighted by atomic mass is 10.0. The lowest BCUT2D eigenvalue weighted by Gasteiger charge is -2.28. The molecule has 0 saturated carbocycles. The van der Waals surface area contributed by atoms with E-state index in [2.05, 4.69) is 46.3 Å². The zero-order valence-electron chi connectivity index (χ0n) is 21.8. The molecule has 0 unspecified atom stereocenters. The summed E-state index contributed by atoms with van der Waals surface area (Å²) in [6, 6.07) is 28.3. The molecule has 2 aliphatic rings. The van der Waals surface area contributed by atoms with Crippen LogP contribution in [0.4, 0.5) is 5.82 Å². The molecule has 4 aromatic rings. The second-order valence-electron chi connectivity index (χ2n) is 9.71. The largest absolute Gasteiger partial charge is 0.486 e. The molecule has 1 fully saturated rings. The zero-order valence-corrected chi connectivity index (χ0v) is 21.8. The third-order valence-electron chi connectivity index (χ3n) is 7.03. The summed E-state index contributed by atoms with van der Waals surface area (Å²) < 4.78 is 16.9. The number of aromatic nitrogens is 1. The molecule has 0 spiro atoms. The molecular weight excluding hydrogens is 490 g/mol. The minimum absolute atomic E-state index is 0.0712. The quantitative estimate of drug-likeness (QED) is 0.333. The number of rotatable bonds is 7. The van der Waals surface area contributed by atoms with Crippen LogP contribution in [0.15, 0.2) is 91.1 Å². The van der Waals surface area contributed by atoms with Crippen molar-refractivity contribution in [2.45, 2.75) is 13.1 Å². The van der Waals surface area contributed by atoms with E-state index in [1.54, 1.807) is 6.20 Å². The van der Waals surface area contributed by atoms with Gasteiger partial charge < -0.3 is 24.0 Å². The molecule has 1 amide bonds. The van der Waals surface area contributed by atoms with Crippen LogP contribution in [0, 0.1) is 0 Å². The van der Waals surface area contributed by atoms with Crippen molar-refractivity contribution in [2.24, 2.45) is 0 Å². The van der Waals surface area contributed by atoms with Gasteiger partial charge in [-0.25, -0.2) is 4.98 Å². The maximum absolute atomic E-state index is 13.8. The normalized spacial score (nSPS) is 14.6. The SMILES string of the molecule is O=C(c1ccc(N2CCOCC2)nc1)N(Cc1ccc(-c2ccccc2)cc1)Cc1ccc2c(c1)OCCO2. The van der Waals surface area contributed by atoms with E-state index in [9.17, 15) is 4.79 Å². The van der Waals surface area contributed by atoms with Gasteiger partial charge in [-0.1, -0.05) is 60.7 Å². The number of carbonyl (C=O) groups is 1. The van der Waals surface area contributed by atoms with Gasteiger partial charge in [0.15, 0.2) is 11.5 Å². The van der Waals surface area contributed by atoms with E-state index in [-0.39, 0.29) is 5.91 Å². The molecular formula is C32H31N3O4. The van der Waals surface area contributed by atoms with Gasteiger partial charge in [-0.2, -0.15) is 0 Å².